The van der Waals surface area contributed by atoms with Crippen molar-refractivity contribution in [2.45, 2.75) is 25.8 Å². The second kappa shape index (κ2) is 5.53. The molecule has 1 aromatic heterocycles. The van der Waals surface area contributed by atoms with E-state index in [0.29, 0.717) is 5.92 Å². The van der Waals surface area contributed by atoms with E-state index in [2.05, 4.69) is 58.9 Å². The molecule has 0 amide bonds. The lowest BCUT2D eigenvalue weighted by atomic mass is 9.98. The van der Waals surface area contributed by atoms with Gasteiger partial charge in [0, 0.05) is 6.54 Å². The number of nitrogens with two attached hydrogens (primary N) is 1. The molecule has 2 rings (SSSR count). The predicted octanol–water partition coefficient (Wildman–Crippen LogP) is 3.26. The number of nitrogens with zero attached hydrogens (tertiary/aromatic N) is 2. The Morgan fingerprint density at radius 3 is 2.65 bits per heavy atom. The fourth-order valence-corrected chi connectivity index (χ4v) is 2.22. The first-order chi connectivity index (χ1) is 8.18. The summed E-state index contributed by atoms with van der Waals surface area (Å²) in [5, 5.41) is 4.27. The maximum absolute atomic E-state index is 5.92. The number of halogens is 1. The van der Waals surface area contributed by atoms with Crippen molar-refractivity contribution in [2.75, 3.05) is 5.73 Å². The summed E-state index contributed by atoms with van der Waals surface area (Å²) in [6, 6.07) is 10.5. The first-order valence-corrected chi connectivity index (χ1v) is 6.78. The molecule has 0 aliphatic heterocycles. The Morgan fingerprint density at radius 2 is 2.06 bits per heavy atom. The number of hydrogen-bond acceptors (Lipinski definition) is 2. The van der Waals surface area contributed by atoms with E-state index in [1.54, 1.807) is 0 Å². The van der Waals surface area contributed by atoms with Crippen LogP contribution >= 0.6 is 22.6 Å². The van der Waals surface area contributed by atoms with E-state index < -0.39 is 0 Å². The van der Waals surface area contributed by atoms with Crippen LogP contribution in [0.2, 0.25) is 0 Å². The van der Waals surface area contributed by atoms with Gasteiger partial charge in [-0.1, -0.05) is 37.3 Å². The number of anilines is 1. The molecule has 17 heavy (non-hydrogen) atoms. The van der Waals surface area contributed by atoms with Gasteiger partial charge in [0.15, 0.2) is 0 Å². The molecule has 2 N–H and O–H groups in total. The fraction of sp³-hybridized carbons (Fsp3) is 0.308. The Hall–Kier alpha value is -1.04. The second-order valence-electron chi connectivity index (χ2n) is 4.20. The van der Waals surface area contributed by atoms with Crippen LogP contribution in [0.15, 0.2) is 36.5 Å². The zero-order chi connectivity index (χ0) is 12.3. The summed E-state index contributed by atoms with van der Waals surface area (Å²) < 4.78 is 2.90. The number of aromatic nitrogens is 2. The van der Waals surface area contributed by atoms with Crippen molar-refractivity contribution in [3.63, 3.8) is 0 Å². The van der Waals surface area contributed by atoms with Gasteiger partial charge in [0.1, 0.15) is 5.82 Å². The quantitative estimate of drug-likeness (QED) is 0.868. The molecule has 0 saturated carbocycles. The molecule has 4 heteroatoms. The monoisotopic (exact) mass is 341 g/mol. The van der Waals surface area contributed by atoms with Gasteiger partial charge >= 0.3 is 0 Å². The topological polar surface area (TPSA) is 43.8 Å². The number of benzene rings is 1. The van der Waals surface area contributed by atoms with Crippen molar-refractivity contribution in [3.05, 3.63) is 45.7 Å². The van der Waals surface area contributed by atoms with Crippen molar-refractivity contribution < 1.29 is 0 Å². The predicted molar refractivity (Wildman–Crippen MR) is 78.8 cm³/mol. The van der Waals surface area contributed by atoms with Gasteiger partial charge in [-0.2, -0.15) is 5.10 Å². The summed E-state index contributed by atoms with van der Waals surface area (Å²) in [7, 11) is 0. The Bertz CT molecular complexity index is 479. The average molecular weight is 341 g/mol. The molecule has 3 nitrogen and oxygen atoms in total. The highest BCUT2D eigenvalue weighted by Crippen LogP contribution is 2.21. The van der Waals surface area contributed by atoms with Crippen molar-refractivity contribution in [3.8, 4) is 0 Å². The molecule has 0 saturated heterocycles. The zero-order valence-corrected chi connectivity index (χ0v) is 12.0. The van der Waals surface area contributed by atoms with Crippen LogP contribution in [0, 0.1) is 3.57 Å². The van der Waals surface area contributed by atoms with Crippen LogP contribution in [0.25, 0.3) is 0 Å². The Balaban J connectivity index is 1.97. The summed E-state index contributed by atoms with van der Waals surface area (Å²) in [5.41, 5.74) is 7.29. The van der Waals surface area contributed by atoms with Gasteiger partial charge in [0.05, 0.1) is 9.77 Å². The summed E-state index contributed by atoms with van der Waals surface area (Å²) in [4.78, 5) is 0. The van der Waals surface area contributed by atoms with Gasteiger partial charge < -0.3 is 5.73 Å². The van der Waals surface area contributed by atoms with Crippen molar-refractivity contribution in [1.82, 2.24) is 9.78 Å². The molecule has 0 bridgehead atoms. The molecule has 1 aromatic carbocycles. The molecule has 0 fully saturated rings. The highest BCUT2D eigenvalue weighted by Gasteiger charge is 2.08. The van der Waals surface area contributed by atoms with Gasteiger partial charge in [-0.25, -0.2) is 4.68 Å². The fourth-order valence-electron chi connectivity index (χ4n) is 1.81. The van der Waals surface area contributed by atoms with E-state index in [4.69, 9.17) is 5.73 Å². The Labute approximate surface area is 115 Å². The number of nitrogen functional groups attached to an aromatic ring is 1. The molecule has 1 atom stereocenters. The first kappa shape index (κ1) is 12.4. The van der Waals surface area contributed by atoms with E-state index in [9.17, 15) is 0 Å². The first-order valence-electron chi connectivity index (χ1n) is 5.70. The Morgan fingerprint density at radius 1 is 1.35 bits per heavy atom. The van der Waals surface area contributed by atoms with Crippen LogP contribution in [0.1, 0.15) is 24.8 Å². The normalized spacial score (nSPS) is 12.6. The number of rotatable bonds is 4. The lowest BCUT2D eigenvalue weighted by Crippen LogP contribution is -2.07. The van der Waals surface area contributed by atoms with Gasteiger partial charge in [0.25, 0.3) is 0 Å². The molecular weight excluding hydrogens is 325 g/mol. The number of hydrogen-bond donors (Lipinski definition) is 1. The van der Waals surface area contributed by atoms with E-state index in [1.165, 1.54) is 5.56 Å². The number of aryl methyl sites for hydroxylation is 1. The minimum absolute atomic E-state index is 0.525. The van der Waals surface area contributed by atoms with E-state index in [0.717, 1.165) is 22.4 Å². The third-order valence-corrected chi connectivity index (χ3v) is 3.81. The largest absolute Gasteiger partial charge is 0.383 e. The van der Waals surface area contributed by atoms with Crippen LogP contribution in [0.3, 0.4) is 0 Å². The molecule has 0 aliphatic rings. The summed E-state index contributed by atoms with van der Waals surface area (Å²) in [6.45, 7) is 3.10. The van der Waals surface area contributed by atoms with Crippen LogP contribution in [-0.4, -0.2) is 9.78 Å². The lowest BCUT2D eigenvalue weighted by Gasteiger charge is -2.12. The third-order valence-electron chi connectivity index (χ3n) is 2.98. The summed E-state index contributed by atoms with van der Waals surface area (Å²) >= 11 is 2.21. The smallest absolute Gasteiger partial charge is 0.135 e. The summed E-state index contributed by atoms with van der Waals surface area (Å²) in [5.74, 6) is 1.29. The van der Waals surface area contributed by atoms with E-state index in [-0.39, 0.29) is 0 Å². The maximum Gasteiger partial charge on any atom is 0.135 e. The SMILES string of the molecule is CC(CCn1ncc(I)c1N)c1ccccc1. The van der Waals surface area contributed by atoms with Gasteiger partial charge in [-0.05, 0) is 40.5 Å². The standard InChI is InChI=1S/C13H16IN3/c1-10(11-5-3-2-4-6-11)7-8-17-13(15)12(14)9-16-17/h2-6,9-10H,7-8,15H2,1H3. The maximum atomic E-state index is 5.92. The van der Waals surface area contributed by atoms with E-state index in [1.807, 2.05) is 16.9 Å². The highest BCUT2D eigenvalue weighted by atomic mass is 127. The van der Waals surface area contributed by atoms with Gasteiger partial charge in [-0.15, -0.1) is 0 Å². The van der Waals surface area contributed by atoms with Crippen LogP contribution in [0.5, 0.6) is 0 Å². The van der Waals surface area contributed by atoms with Crippen LogP contribution in [0.4, 0.5) is 5.82 Å². The summed E-state index contributed by atoms with van der Waals surface area (Å²) in [6.07, 6.45) is 2.86. The van der Waals surface area contributed by atoms with Gasteiger partial charge in [-0.3, -0.25) is 0 Å². The minimum atomic E-state index is 0.525. The van der Waals surface area contributed by atoms with Crippen molar-refractivity contribution >= 4 is 28.4 Å². The lowest BCUT2D eigenvalue weighted by molar-refractivity contribution is 0.539. The van der Waals surface area contributed by atoms with Crippen molar-refractivity contribution in [1.29, 1.82) is 0 Å². The van der Waals surface area contributed by atoms with E-state index >= 15 is 0 Å². The van der Waals surface area contributed by atoms with Crippen molar-refractivity contribution in [2.24, 2.45) is 0 Å². The minimum Gasteiger partial charge on any atom is -0.383 e. The molecular formula is C13H16IN3. The molecule has 0 aliphatic carbocycles. The van der Waals surface area contributed by atoms with Crippen LogP contribution in [-0.2, 0) is 6.54 Å². The van der Waals surface area contributed by atoms with Gasteiger partial charge in [0.2, 0.25) is 0 Å². The van der Waals surface area contributed by atoms with Crippen LogP contribution < -0.4 is 5.73 Å². The average Bonchev–Trinajstić information content (AvgIpc) is 2.68. The molecule has 1 unspecified atom stereocenters. The third kappa shape index (κ3) is 3.00. The molecule has 90 valence electrons. The molecule has 1 heterocycles. The molecule has 2 aromatic rings. The second-order valence-corrected chi connectivity index (χ2v) is 5.36. The zero-order valence-electron chi connectivity index (χ0n) is 9.81. The Kier molecular flexibility index (Phi) is 4.04. The molecule has 0 spiro atoms. The highest BCUT2D eigenvalue weighted by molar-refractivity contribution is 14.1. The molecule has 0 radical (unpaired) electrons.